The normalized spacial score (nSPS) is 11.4. The maximum atomic E-state index is 12.7. The molecule has 10 heteroatoms. The summed E-state index contributed by atoms with van der Waals surface area (Å²) < 4.78 is 40.7. The summed E-state index contributed by atoms with van der Waals surface area (Å²) in [6.45, 7) is 0. The van der Waals surface area contributed by atoms with Gasteiger partial charge in [-0.25, -0.2) is 13.2 Å². The number of fused-ring (bicyclic) bond motifs is 1. The van der Waals surface area contributed by atoms with Crippen LogP contribution in [0, 0.1) is 0 Å². The van der Waals surface area contributed by atoms with Gasteiger partial charge in [0.2, 0.25) is 0 Å². The lowest BCUT2D eigenvalue weighted by Crippen LogP contribution is -2.16. The minimum atomic E-state index is -4.06. The van der Waals surface area contributed by atoms with E-state index in [0.29, 0.717) is 11.3 Å². The van der Waals surface area contributed by atoms with E-state index in [1.54, 1.807) is 12.1 Å². The van der Waals surface area contributed by atoms with Crippen molar-refractivity contribution in [1.29, 1.82) is 0 Å². The van der Waals surface area contributed by atoms with Crippen molar-refractivity contribution in [3.8, 4) is 5.75 Å². The van der Waals surface area contributed by atoms with Crippen LogP contribution in [0.25, 0.3) is 11.0 Å². The number of carboxylic acids is 1. The van der Waals surface area contributed by atoms with Gasteiger partial charge in [-0.3, -0.25) is 4.72 Å². The number of carbonyl (C=O) groups is 1. The van der Waals surface area contributed by atoms with E-state index in [-0.39, 0.29) is 21.7 Å². The predicted octanol–water partition coefficient (Wildman–Crippen LogP) is 2.20. The van der Waals surface area contributed by atoms with Crippen LogP contribution >= 0.6 is 11.7 Å². The SMILES string of the molecule is COc1ccc(C(=O)O)c(NS(=O)(=O)c2cccc3nsnc23)c1. The molecule has 2 N–H and O–H groups in total. The molecule has 0 bridgehead atoms. The summed E-state index contributed by atoms with van der Waals surface area (Å²) in [5.74, 6) is -0.935. The molecule has 24 heavy (non-hydrogen) atoms. The van der Waals surface area contributed by atoms with Gasteiger partial charge >= 0.3 is 5.97 Å². The number of ether oxygens (including phenoxy) is 1. The van der Waals surface area contributed by atoms with Crippen molar-refractivity contribution >= 4 is 44.4 Å². The number of aromatic nitrogens is 2. The Hall–Kier alpha value is -2.72. The molecule has 3 rings (SSSR count). The quantitative estimate of drug-likeness (QED) is 0.711. The van der Waals surface area contributed by atoms with Gasteiger partial charge in [0, 0.05) is 6.07 Å². The maximum absolute atomic E-state index is 12.7. The second kappa shape index (κ2) is 6.06. The second-order valence-corrected chi connectivity index (χ2v) is 6.89. The number of hydrogen-bond acceptors (Lipinski definition) is 7. The third-order valence-corrected chi connectivity index (χ3v) is 5.18. The van der Waals surface area contributed by atoms with Crippen LogP contribution in [-0.4, -0.2) is 35.4 Å². The molecule has 0 unspecified atom stereocenters. The number of methoxy groups -OCH3 is 1. The van der Waals surface area contributed by atoms with Crippen LogP contribution in [0.4, 0.5) is 5.69 Å². The third kappa shape index (κ3) is 2.88. The van der Waals surface area contributed by atoms with Gasteiger partial charge in [-0.2, -0.15) is 8.75 Å². The molecule has 0 saturated carbocycles. The molecule has 1 heterocycles. The highest BCUT2D eigenvalue weighted by atomic mass is 32.2. The Morgan fingerprint density at radius 3 is 2.75 bits per heavy atom. The molecule has 0 aliphatic rings. The fourth-order valence-corrected chi connectivity index (χ4v) is 3.96. The lowest BCUT2D eigenvalue weighted by molar-refractivity contribution is 0.0698. The van der Waals surface area contributed by atoms with Crippen LogP contribution in [0.2, 0.25) is 0 Å². The van der Waals surface area contributed by atoms with Crippen LogP contribution in [0.1, 0.15) is 10.4 Å². The van der Waals surface area contributed by atoms with E-state index in [1.807, 2.05) is 0 Å². The van der Waals surface area contributed by atoms with Crippen molar-refractivity contribution in [3.63, 3.8) is 0 Å². The molecule has 124 valence electrons. The topological polar surface area (TPSA) is 118 Å². The highest BCUT2D eigenvalue weighted by molar-refractivity contribution is 7.93. The number of nitrogens with zero attached hydrogens (tertiary/aromatic N) is 2. The summed E-state index contributed by atoms with van der Waals surface area (Å²) in [7, 11) is -2.66. The van der Waals surface area contributed by atoms with E-state index < -0.39 is 16.0 Å². The summed E-state index contributed by atoms with van der Waals surface area (Å²) in [5.41, 5.74) is 0.395. The molecule has 0 aliphatic carbocycles. The van der Waals surface area contributed by atoms with E-state index >= 15 is 0 Å². The standard InChI is InChI=1S/C14H11N3O5S2/c1-22-8-5-6-9(14(18)19)11(7-8)17-24(20,21)12-4-2-3-10-13(12)16-23-15-10/h2-7,17H,1H3,(H,18,19). The first-order chi connectivity index (χ1) is 11.4. The third-order valence-electron chi connectivity index (χ3n) is 3.24. The summed E-state index contributed by atoms with van der Waals surface area (Å²) in [4.78, 5) is 11.2. The molecule has 0 amide bonds. The highest BCUT2D eigenvalue weighted by Gasteiger charge is 2.22. The lowest BCUT2D eigenvalue weighted by atomic mass is 10.2. The van der Waals surface area contributed by atoms with E-state index in [2.05, 4.69) is 13.5 Å². The van der Waals surface area contributed by atoms with Gasteiger partial charge in [-0.1, -0.05) is 6.07 Å². The Balaban J connectivity index is 2.10. The first-order valence-corrected chi connectivity index (χ1v) is 8.79. The monoisotopic (exact) mass is 365 g/mol. The minimum Gasteiger partial charge on any atom is -0.497 e. The van der Waals surface area contributed by atoms with Crippen LogP contribution in [0.5, 0.6) is 5.75 Å². The van der Waals surface area contributed by atoms with Gasteiger partial charge in [-0.05, 0) is 24.3 Å². The molecule has 0 spiro atoms. The second-order valence-electron chi connectivity index (χ2n) is 4.71. The first kappa shape index (κ1) is 16.1. The number of benzene rings is 2. The summed E-state index contributed by atoms with van der Waals surface area (Å²) in [6.07, 6.45) is 0. The van der Waals surface area contributed by atoms with Crippen molar-refractivity contribution in [1.82, 2.24) is 8.75 Å². The van der Waals surface area contributed by atoms with Crippen molar-refractivity contribution < 1.29 is 23.1 Å². The number of hydrogen-bond donors (Lipinski definition) is 2. The van der Waals surface area contributed by atoms with Gasteiger partial charge in [0.1, 0.15) is 21.7 Å². The first-order valence-electron chi connectivity index (χ1n) is 6.58. The van der Waals surface area contributed by atoms with Crippen molar-refractivity contribution in [3.05, 3.63) is 42.0 Å². The van der Waals surface area contributed by atoms with Gasteiger partial charge in [0.05, 0.1) is 30.1 Å². The summed E-state index contributed by atoms with van der Waals surface area (Å²) in [5, 5.41) is 9.24. The van der Waals surface area contributed by atoms with Crippen molar-refractivity contribution in [2.24, 2.45) is 0 Å². The molecule has 3 aromatic rings. The average molecular weight is 365 g/mol. The van der Waals surface area contributed by atoms with Crippen LogP contribution < -0.4 is 9.46 Å². The molecule has 0 saturated heterocycles. The number of anilines is 1. The van der Waals surface area contributed by atoms with Crippen LogP contribution in [-0.2, 0) is 10.0 Å². The summed E-state index contributed by atoms with van der Waals surface area (Å²) in [6, 6.07) is 8.58. The van der Waals surface area contributed by atoms with Crippen LogP contribution in [0.3, 0.4) is 0 Å². The zero-order valence-corrected chi connectivity index (χ0v) is 13.9. The molecule has 2 aromatic carbocycles. The number of sulfonamides is 1. The number of aromatic carboxylic acids is 1. The molecule has 0 aliphatic heterocycles. The maximum Gasteiger partial charge on any atom is 0.337 e. The summed E-state index contributed by atoms with van der Waals surface area (Å²) >= 11 is 0.897. The fraction of sp³-hybridized carbons (Fsp3) is 0.0714. The van der Waals surface area contributed by atoms with E-state index in [9.17, 15) is 18.3 Å². The van der Waals surface area contributed by atoms with Crippen molar-refractivity contribution in [2.75, 3.05) is 11.8 Å². The Morgan fingerprint density at radius 1 is 1.25 bits per heavy atom. The number of rotatable bonds is 5. The zero-order valence-electron chi connectivity index (χ0n) is 12.3. The average Bonchev–Trinajstić information content (AvgIpc) is 3.02. The Bertz CT molecular complexity index is 1030. The van der Waals surface area contributed by atoms with Gasteiger partial charge in [0.15, 0.2) is 0 Å². The predicted molar refractivity (Wildman–Crippen MR) is 88.2 cm³/mol. The van der Waals surface area contributed by atoms with E-state index in [1.165, 1.54) is 31.4 Å². The minimum absolute atomic E-state index is 0.0760. The molecule has 0 fully saturated rings. The molecule has 0 radical (unpaired) electrons. The van der Waals surface area contributed by atoms with Gasteiger partial charge in [0.25, 0.3) is 10.0 Å². The van der Waals surface area contributed by atoms with Crippen molar-refractivity contribution in [2.45, 2.75) is 4.90 Å². The fourth-order valence-electron chi connectivity index (χ4n) is 2.12. The zero-order chi connectivity index (χ0) is 17.3. The smallest absolute Gasteiger partial charge is 0.337 e. The molecular weight excluding hydrogens is 354 g/mol. The van der Waals surface area contributed by atoms with E-state index in [4.69, 9.17) is 4.74 Å². The Morgan fingerprint density at radius 2 is 2.04 bits per heavy atom. The van der Waals surface area contributed by atoms with Crippen LogP contribution in [0.15, 0.2) is 41.3 Å². The molecular formula is C14H11N3O5S2. The lowest BCUT2D eigenvalue weighted by Gasteiger charge is -2.12. The van der Waals surface area contributed by atoms with E-state index in [0.717, 1.165) is 11.7 Å². The Labute approximate surface area is 141 Å². The number of carboxylic acid groups (broad SMARTS) is 1. The highest BCUT2D eigenvalue weighted by Crippen LogP contribution is 2.27. The molecule has 1 aromatic heterocycles. The molecule has 0 atom stereocenters. The van der Waals surface area contributed by atoms with Gasteiger partial charge in [-0.15, -0.1) is 0 Å². The molecule has 8 nitrogen and oxygen atoms in total. The number of nitrogens with one attached hydrogen (secondary N) is 1. The Kier molecular flexibility index (Phi) is 4.08. The largest absolute Gasteiger partial charge is 0.497 e. The van der Waals surface area contributed by atoms with Gasteiger partial charge < -0.3 is 9.84 Å².